The van der Waals surface area contributed by atoms with Crippen molar-refractivity contribution in [2.45, 2.75) is 25.4 Å². The van der Waals surface area contributed by atoms with Crippen LogP contribution in [-0.4, -0.2) is 30.1 Å². The Morgan fingerprint density at radius 1 is 1.50 bits per heavy atom. The number of halogens is 1. The van der Waals surface area contributed by atoms with Gasteiger partial charge in [-0.3, -0.25) is 14.9 Å². The van der Waals surface area contributed by atoms with Gasteiger partial charge in [-0.1, -0.05) is 11.6 Å². The molecule has 20 heavy (non-hydrogen) atoms. The summed E-state index contributed by atoms with van der Waals surface area (Å²) < 4.78 is 5.51. The minimum atomic E-state index is -0.583. The summed E-state index contributed by atoms with van der Waals surface area (Å²) in [6.45, 7) is 1.16. The van der Waals surface area contributed by atoms with Crippen LogP contribution in [0.4, 0.5) is 5.69 Å². The first kappa shape index (κ1) is 14.7. The summed E-state index contributed by atoms with van der Waals surface area (Å²) >= 11 is 5.77. The first-order valence-electron chi connectivity index (χ1n) is 6.41. The van der Waals surface area contributed by atoms with Crippen molar-refractivity contribution < 1.29 is 14.5 Å². The summed E-state index contributed by atoms with van der Waals surface area (Å²) in [5.74, 6) is -0.309. The number of hydrogen-bond donors (Lipinski definition) is 1. The molecule has 0 bridgehead atoms. The van der Waals surface area contributed by atoms with Crippen LogP contribution in [0.25, 0.3) is 0 Å². The molecule has 1 amide bonds. The van der Waals surface area contributed by atoms with Crippen molar-refractivity contribution in [1.82, 2.24) is 5.32 Å². The maximum Gasteiger partial charge on any atom is 0.287 e. The molecular weight excluding hydrogens is 284 g/mol. The predicted octanol–water partition coefficient (Wildman–Crippen LogP) is 2.55. The number of nitro benzene ring substituents is 1. The Bertz CT molecular complexity index is 515. The third kappa shape index (κ3) is 3.68. The molecule has 1 saturated heterocycles. The molecule has 1 unspecified atom stereocenters. The zero-order valence-electron chi connectivity index (χ0n) is 10.8. The first-order chi connectivity index (χ1) is 9.58. The van der Waals surface area contributed by atoms with Crippen LogP contribution in [-0.2, 0) is 4.74 Å². The van der Waals surface area contributed by atoms with Gasteiger partial charge in [0, 0.05) is 24.8 Å². The monoisotopic (exact) mass is 298 g/mol. The van der Waals surface area contributed by atoms with Crippen LogP contribution in [0.3, 0.4) is 0 Å². The Morgan fingerprint density at radius 3 is 2.90 bits per heavy atom. The number of nitro groups is 1. The van der Waals surface area contributed by atoms with Gasteiger partial charge in [0.25, 0.3) is 11.6 Å². The van der Waals surface area contributed by atoms with Gasteiger partial charge in [0.2, 0.25) is 0 Å². The van der Waals surface area contributed by atoms with Crippen LogP contribution in [0.5, 0.6) is 0 Å². The molecule has 0 aromatic heterocycles. The number of benzene rings is 1. The second-order valence-electron chi connectivity index (χ2n) is 4.62. The molecule has 7 heteroatoms. The van der Waals surface area contributed by atoms with Crippen LogP contribution in [0.1, 0.15) is 29.6 Å². The van der Waals surface area contributed by atoms with Crippen molar-refractivity contribution in [2.75, 3.05) is 13.2 Å². The highest BCUT2D eigenvalue weighted by molar-refractivity contribution is 6.33. The minimum Gasteiger partial charge on any atom is -0.376 e. The van der Waals surface area contributed by atoms with E-state index in [2.05, 4.69) is 5.32 Å². The molecule has 1 N–H and O–H groups in total. The van der Waals surface area contributed by atoms with Gasteiger partial charge >= 0.3 is 0 Å². The fourth-order valence-electron chi connectivity index (χ4n) is 2.07. The molecule has 1 heterocycles. The number of nitrogens with one attached hydrogen (secondary N) is 1. The van der Waals surface area contributed by atoms with Gasteiger partial charge < -0.3 is 10.1 Å². The van der Waals surface area contributed by atoms with Crippen LogP contribution in [0.2, 0.25) is 5.02 Å². The number of amides is 1. The molecule has 1 aliphatic rings. The highest BCUT2D eigenvalue weighted by atomic mass is 35.5. The summed E-state index contributed by atoms with van der Waals surface area (Å²) in [6, 6.07) is 3.92. The van der Waals surface area contributed by atoms with E-state index in [1.165, 1.54) is 18.2 Å². The molecule has 1 aromatic carbocycles. The van der Waals surface area contributed by atoms with Crippen molar-refractivity contribution in [3.8, 4) is 0 Å². The maximum absolute atomic E-state index is 11.9. The lowest BCUT2D eigenvalue weighted by Gasteiger charge is -2.22. The normalized spacial score (nSPS) is 18.6. The average molecular weight is 299 g/mol. The molecule has 1 fully saturated rings. The number of hydrogen-bond acceptors (Lipinski definition) is 4. The van der Waals surface area contributed by atoms with Crippen LogP contribution in [0.15, 0.2) is 18.2 Å². The van der Waals surface area contributed by atoms with E-state index in [1.54, 1.807) is 0 Å². The van der Waals surface area contributed by atoms with Crippen LogP contribution < -0.4 is 5.32 Å². The largest absolute Gasteiger partial charge is 0.376 e. The quantitative estimate of drug-likeness (QED) is 0.684. The maximum atomic E-state index is 11.9. The van der Waals surface area contributed by atoms with E-state index in [9.17, 15) is 14.9 Å². The first-order valence-corrected chi connectivity index (χ1v) is 6.79. The molecule has 2 rings (SSSR count). The number of nitrogens with zero attached hydrogens (tertiary/aromatic N) is 1. The topological polar surface area (TPSA) is 81.5 Å². The van der Waals surface area contributed by atoms with Gasteiger partial charge in [0.05, 0.1) is 11.0 Å². The Labute approximate surface area is 121 Å². The van der Waals surface area contributed by atoms with Gasteiger partial charge in [-0.15, -0.1) is 0 Å². The zero-order chi connectivity index (χ0) is 14.5. The summed E-state index contributed by atoms with van der Waals surface area (Å²) in [7, 11) is 0. The van der Waals surface area contributed by atoms with Crippen molar-refractivity contribution in [2.24, 2.45) is 0 Å². The summed E-state index contributed by atoms with van der Waals surface area (Å²) in [6.07, 6.45) is 3.13. The highest BCUT2D eigenvalue weighted by Gasteiger charge is 2.17. The van der Waals surface area contributed by atoms with Gasteiger partial charge in [0.1, 0.15) is 5.02 Å². The average Bonchev–Trinajstić information content (AvgIpc) is 2.45. The van der Waals surface area contributed by atoms with Crippen molar-refractivity contribution in [1.29, 1.82) is 0 Å². The third-order valence-corrected chi connectivity index (χ3v) is 3.47. The van der Waals surface area contributed by atoms with Gasteiger partial charge in [-0.2, -0.15) is 0 Å². The lowest BCUT2D eigenvalue weighted by molar-refractivity contribution is -0.384. The van der Waals surface area contributed by atoms with Gasteiger partial charge in [0.15, 0.2) is 0 Å². The Hall–Kier alpha value is -1.66. The third-order valence-electron chi connectivity index (χ3n) is 3.17. The Kier molecular flexibility index (Phi) is 4.92. The molecule has 0 saturated carbocycles. The Morgan fingerprint density at radius 2 is 2.30 bits per heavy atom. The molecule has 1 aromatic rings. The van der Waals surface area contributed by atoms with Crippen molar-refractivity contribution in [3.63, 3.8) is 0 Å². The molecule has 1 aliphatic heterocycles. The van der Waals surface area contributed by atoms with Crippen molar-refractivity contribution >= 4 is 23.2 Å². The second kappa shape index (κ2) is 6.67. The number of carbonyl (C=O) groups is 1. The molecular formula is C13H15ClN2O4. The van der Waals surface area contributed by atoms with Gasteiger partial charge in [-0.05, 0) is 31.4 Å². The highest BCUT2D eigenvalue weighted by Crippen LogP contribution is 2.24. The van der Waals surface area contributed by atoms with Gasteiger partial charge in [-0.25, -0.2) is 0 Å². The fraction of sp³-hybridized carbons (Fsp3) is 0.462. The summed E-state index contributed by atoms with van der Waals surface area (Å²) in [5, 5.41) is 13.3. The lowest BCUT2D eigenvalue weighted by Crippen LogP contribution is -2.35. The molecule has 0 spiro atoms. The fourth-order valence-corrected chi connectivity index (χ4v) is 2.32. The lowest BCUT2D eigenvalue weighted by atomic mass is 10.1. The van der Waals surface area contributed by atoms with Crippen molar-refractivity contribution in [3.05, 3.63) is 38.9 Å². The Balaban J connectivity index is 1.95. The smallest absolute Gasteiger partial charge is 0.287 e. The number of rotatable bonds is 4. The number of carbonyl (C=O) groups excluding carboxylic acids is 1. The molecule has 0 radical (unpaired) electrons. The second-order valence-corrected chi connectivity index (χ2v) is 5.03. The minimum absolute atomic E-state index is 0.0428. The van der Waals surface area contributed by atoms with E-state index in [4.69, 9.17) is 16.3 Å². The summed E-state index contributed by atoms with van der Waals surface area (Å²) in [5.41, 5.74) is 0.0928. The van der Waals surface area contributed by atoms with E-state index in [1.807, 2.05) is 0 Å². The van der Waals surface area contributed by atoms with E-state index in [0.717, 1.165) is 25.9 Å². The molecule has 108 valence electrons. The van der Waals surface area contributed by atoms with E-state index < -0.39 is 4.92 Å². The number of ether oxygens (including phenoxy) is 1. The van der Waals surface area contributed by atoms with Crippen LogP contribution >= 0.6 is 11.6 Å². The van der Waals surface area contributed by atoms with E-state index in [0.29, 0.717) is 12.1 Å². The molecule has 1 atom stereocenters. The molecule has 0 aliphatic carbocycles. The molecule has 6 nitrogen and oxygen atoms in total. The van der Waals surface area contributed by atoms with Crippen LogP contribution in [0, 0.1) is 10.1 Å². The summed E-state index contributed by atoms with van der Waals surface area (Å²) in [4.78, 5) is 22.0. The SMILES string of the molecule is O=C(NCC1CCCCO1)c1ccc([N+](=O)[O-])c(Cl)c1. The van der Waals surface area contributed by atoms with E-state index in [-0.39, 0.29) is 22.7 Å². The standard InChI is InChI=1S/C13H15ClN2O4/c14-11-7-9(4-5-12(11)16(18)19)13(17)15-8-10-3-1-2-6-20-10/h4-5,7,10H,1-3,6,8H2,(H,15,17). The predicted molar refractivity (Wildman–Crippen MR) is 74.0 cm³/mol. The zero-order valence-corrected chi connectivity index (χ0v) is 11.6. The van der Waals surface area contributed by atoms with E-state index >= 15 is 0 Å².